The first-order valence-electron chi connectivity index (χ1n) is 7.21. The molecule has 2 aliphatic heterocycles. The average Bonchev–Trinajstić information content (AvgIpc) is 2.25. The Bertz CT molecular complexity index is 236. The molecule has 1 saturated carbocycles. The van der Waals surface area contributed by atoms with Gasteiger partial charge in [-0.3, -0.25) is 0 Å². The van der Waals surface area contributed by atoms with Crippen LogP contribution in [-0.2, 0) is 4.74 Å². The molecule has 3 aliphatic rings. The molecular formula is C15H28O. The van der Waals surface area contributed by atoms with Gasteiger partial charge < -0.3 is 4.74 Å². The lowest BCUT2D eigenvalue weighted by atomic mass is 9.65. The smallest absolute Gasteiger partial charge is 0.0692 e. The van der Waals surface area contributed by atoms with Crippen LogP contribution in [0.25, 0.3) is 0 Å². The highest BCUT2D eigenvalue weighted by Gasteiger charge is 2.50. The van der Waals surface area contributed by atoms with E-state index in [1.165, 1.54) is 44.9 Å². The molecule has 2 heterocycles. The molecule has 0 spiro atoms. The van der Waals surface area contributed by atoms with Crippen LogP contribution < -0.4 is 0 Å². The lowest BCUT2D eigenvalue weighted by molar-refractivity contribution is -0.244. The summed E-state index contributed by atoms with van der Waals surface area (Å²) in [5.41, 5.74) is 0.386. The van der Waals surface area contributed by atoms with E-state index in [1.807, 2.05) is 0 Å². The molecule has 0 N–H and O–H groups in total. The van der Waals surface area contributed by atoms with Crippen LogP contribution in [0.5, 0.6) is 0 Å². The molecule has 3 rings (SSSR count). The maximum Gasteiger partial charge on any atom is 0.0692 e. The maximum absolute atomic E-state index is 6.49. The van der Waals surface area contributed by atoms with Crippen LogP contribution >= 0.6 is 0 Å². The molecule has 0 amide bonds. The molecule has 2 bridgehead atoms. The summed E-state index contributed by atoms with van der Waals surface area (Å²) in [5, 5.41) is 0. The van der Waals surface area contributed by atoms with Crippen LogP contribution in [0.3, 0.4) is 0 Å². The van der Waals surface area contributed by atoms with Crippen molar-refractivity contribution in [2.24, 2.45) is 11.8 Å². The lowest BCUT2D eigenvalue weighted by Crippen LogP contribution is -2.56. The van der Waals surface area contributed by atoms with Crippen LogP contribution in [0, 0.1) is 11.8 Å². The van der Waals surface area contributed by atoms with Gasteiger partial charge in [-0.1, -0.05) is 26.7 Å². The highest BCUT2D eigenvalue weighted by Crippen LogP contribution is 2.52. The van der Waals surface area contributed by atoms with Crippen molar-refractivity contribution in [2.75, 3.05) is 0 Å². The van der Waals surface area contributed by atoms with Crippen molar-refractivity contribution in [3.05, 3.63) is 0 Å². The molecule has 0 aromatic carbocycles. The number of fused-ring (bicyclic) bond motifs is 3. The normalized spacial score (nSPS) is 42.9. The first kappa shape index (κ1) is 12.4. The van der Waals surface area contributed by atoms with E-state index in [1.54, 1.807) is 0 Å². The van der Waals surface area contributed by atoms with Crippen LogP contribution in [0.4, 0.5) is 0 Å². The van der Waals surface area contributed by atoms with Gasteiger partial charge in [0.05, 0.1) is 11.2 Å². The van der Waals surface area contributed by atoms with Gasteiger partial charge in [0, 0.05) is 0 Å². The van der Waals surface area contributed by atoms with Gasteiger partial charge in [0.25, 0.3) is 0 Å². The Morgan fingerprint density at radius 1 is 1.12 bits per heavy atom. The summed E-state index contributed by atoms with van der Waals surface area (Å²) >= 11 is 0. The van der Waals surface area contributed by atoms with Crippen LogP contribution in [0.1, 0.15) is 72.6 Å². The Labute approximate surface area is 101 Å². The first-order chi connectivity index (χ1) is 7.51. The van der Waals surface area contributed by atoms with Gasteiger partial charge in [0.2, 0.25) is 0 Å². The van der Waals surface area contributed by atoms with Gasteiger partial charge in [-0.2, -0.15) is 0 Å². The third-order valence-electron chi connectivity index (χ3n) is 5.24. The minimum absolute atomic E-state index is 0.182. The number of hydrogen-bond donors (Lipinski definition) is 0. The predicted molar refractivity (Wildman–Crippen MR) is 68.5 cm³/mol. The second-order valence-corrected chi connectivity index (χ2v) is 6.53. The predicted octanol–water partition coefficient (Wildman–Crippen LogP) is 4.55. The van der Waals surface area contributed by atoms with E-state index >= 15 is 0 Å². The van der Waals surface area contributed by atoms with E-state index in [-0.39, 0.29) is 11.2 Å². The quantitative estimate of drug-likeness (QED) is 0.680. The van der Waals surface area contributed by atoms with E-state index in [4.69, 9.17) is 4.74 Å². The zero-order valence-corrected chi connectivity index (χ0v) is 11.5. The highest BCUT2D eigenvalue weighted by atomic mass is 16.5. The van der Waals surface area contributed by atoms with Crippen molar-refractivity contribution in [3.63, 3.8) is 0 Å². The zero-order chi connectivity index (χ0) is 11.8. The molecule has 1 nitrogen and oxygen atoms in total. The second-order valence-electron chi connectivity index (χ2n) is 6.53. The molecule has 3 fully saturated rings. The van der Waals surface area contributed by atoms with Crippen molar-refractivity contribution in [2.45, 2.75) is 83.8 Å². The van der Waals surface area contributed by atoms with Gasteiger partial charge in [0.1, 0.15) is 0 Å². The summed E-state index contributed by atoms with van der Waals surface area (Å²) in [6.45, 7) is 9.35. The average molecular weight is 224 g/mol. The Hall–Kier alpha value is -0.0400. The van der Waals surface area contributed by atoms with Crippen molar-refractivity contribution in [1.29, 1.82) is 0 Å². The molecule has 1 heteroatoms. The van der Waals surface area contributed by atoms with Gasteiger partial charge in [-0.25, -0.2) is 0 Å². The van der Waals surface area contributed by atoms with E-state index < -0.39 is 0 Å². The molecule has 2 saturated heterocycles. The minimum Gasteiger partial charge on any atom is -0.369 e. The zero-order valence-electron chi connectivity index (χ0n) is 11.5. The summed E-state index contributed by atoms with van der Waals surface area (Å²) in [5.74, 6) is 1.68. The van der Waals surface area contributed by atoms with Crippen LogP contribution in [0.2, 0.25) is 0 Å². The SMILES string of the molecule is CCC(CC)CC1(C)OC2(C)CCC1CC2. The summed E-state index contributed by atoms with van der Waals surface area (Å²) in [6, 6.07) is 0. The fourth-order valence-electron chi connectivity index (χ4n) is 3.95. The van der Waals surface area contributed by atoms with E-state index in [0.29, 0.717) is 0 Å². The minimum atomic E-state index is 0.182. The highest BCUT2D eigenvalue weighted by molar-refractivity contribution is 5.00. The van der Waals surface area contributed by atoms with Gasteiger partial charge in [-0.05, 0) is 57.8 Å². The van der Waals surface area contributed by atoms with Crippen molar-refractivity contribution < 1.29 is 4.74 Å². The summed E-state index contributed by atoms with van der Waals surface area (Å²) in [7, 11) is 0. The van der Waals surface area contributed by atoms with Gasteiger partial charge in [0.15, 0.2) is 0 Å². The standard InChI is InChI=1S/C15H28O/c1-5-12(6-2)11-15(4)13-7-9-14(3,16-15)10-8-13/h12-13H,5-11H2,1-4H3. The third kappa shape index (κ3) is 2.16. The van der Waals surface area contributed by atoms with Gasteiger partial charge in [-0.15, -0.1) is 0 Å². The molecule has 1 aliphatic carbocycles. The fourth-order valence-corrected chi connectivity index (χ4v) is 3.95. The van der Waals surface area contributed by atoms with Crippen LogP contribution in [-0.4, -0.2) is 11.2 Å². The molecule has 0 radical (unpaired) electrons. The summed E-state index contributed by atoms with van der Waals surface area (Å²) in [4.78, 5) is 0. The largest absolute Gasteiger partial charge is 0.369 e. The molecule has 16 heavy (non-hydrogen) atoms. The first-order valence-corrected chi connectivity index (χ1v) is 7.21. The molecule has 1 atom stereocenters. The van der Waals surface area contributed by atoms with E-state index in [9.17, 15) is 0 Å². The van der Waals surface area contributed by atoms with E-state index in [2.05, 4.69) is 27.7 Å². The number of hydrogen-bond acceptors (Lipinski definition) is 1. The lowest BCUT2D eigenvalue weighted by Gasteiger charge is -2.56. The van der Waals surface area contributed by atoms with Crippen molar-refractivity contribution in [3.8, 4) is 0 Å². The van der Waals surface area contributed by atoms with Crippen LogP contribution in [0.15, 0.2) is 0 Å². The summed E-state index contributed by atoms with van der Waals surface area (Å²) in [6.07, 6.45) is 9.25. The summed E-state index contributed by atoms with van der Waals surface area (Å²) < 4.78 is 6.49. The monoisotopic (exact) mass is 224 g/mol. The molecular weight excluding hydrogens is 196 g/mol. The second kappa shape index (κ2) is 4.33. The number of ether oxygens (including phenoxy) is 1. The number of rotatable bonds is 4. The Kier molecular flexibility index (Phi) is 3.36. The Morgan fingerprint density at radius 2 is 1.69 bits per heavy atom. The molecule has 94 valence electrons. The van der Waals surface area contributed by atoms with Crippen molar-refractivity contribution in [1.82, 2.24) is 0 Å². The maximum atomic E-state index is 6.49. The van der Waals surface area contributed by atoms with Crippen molar-refractivity contribution >= 4 is 0 Å². The third-order valence-corrected chi connectivity index (χ3v) is 5.24. The Morgan fingerprint density at radius 3 is 2.12 bits per heavy atom. The molecule has 0 aromatic rings. The fraction of sp³-hybridized carbons (Fsp3) is 1.00. The topological polar surface area (TPSA) is 9.23 Å². The Balaban J connectivity index is 2.07. The van der Waals surface area contributed by atoms with E-state index in [0.717, 1.165) is 11.8 Å². The molecule has 0 aromatic heterocycles. The van der Waals surface area contributed by atoms with Gasteiger partial charge >= 0.3 is 0 Å². The molecule has 1 unspecified atom stereocenters.